The van der Waals surface area contributed by atoms with Gasteiger partial charge < -0.3 is 4.74 Å². The number of sulfonamides is 1. The van der Waals surface area contributed by atoms with Crippen LogP contribution in [-0.4, -0.2) is 28.6 Å². The molecule has 0 atom stereocenters. The highest BCUT2D eigenvalue weighted by Crippen LogP contribution is 2.11. The van der Waals surface area contributed by atoms with E-state index in [0.717, 1.165) is 0 Å². The SMILES string of the molecule is CONS(=O)(=O)c1ccc(CC(=O)OC)cc1. The summed E-state index contributed by atoms with van der Waals surface area (Å²) < 4.78 is 27.5. The van der Waals surface area contributed by atoms with Crippen molar-refractivity contribution in [2.45, 2.75) is 11.3 Å². The van der Waals surface area contributed by atoms with Gasteiger partial charge in [0, 0.05) is 0 Å². The minimum absolute atomic E-state index is 0.0629. The molecule has 0 saturated carbocycles. The van der Waals surface area contributed by atoms with Crippen molar-refractivity contribution in [2.75, 3.05) is 14.2 Å². The number of hydrogen-bond donors (Lipinski definition) is 1. The van der Waals surface area contributed by atoms with Crippen LogP contribution >= 0.6 is 0 Å². The summed E-state index contributed by atoms with van der Waals surface area (Å²) in [7, 11) is -1.14. The van der Waals surface area contributed by atoms with Crippen LogP contribution < -0.4 is 4.89 Å². The third-order valence-corrected chi connectivity index (χ3v) is 3.28. The first-order chi connectivity index (χ1) is 7.99. The van der Waals surface area contributed by atoms with Crippen LogP contribution in [0.3, 0.4) is 0 Å². The van der Waals surface area contributed by atoms with Gasteiger partial charge in [0.25, 0.3) is 10.0 Å². The van der Waals surface area contributed by atoms with Crippen LogP contribution in [0.4, 0.5) is 0 Å². The fraction of sp³-hybridized carbons (Fsp3) is 0.300. The highest BCUT2D eigenvalue weighted by molar-refractivity contribution is 7.89. The number of benzene rings is 1. The summed E-state index contributed by atoms with van der Waals surface area (Å²) in [5, 5.41) is 0. The lowest BCUT2D eigenvalue weighted by Crippen LogP contribution is -2.22. The Morgan fingerprint density at radius 3 is 2.29 bits per heavy atom. The highest BCUT2D eigenvalue weighted by atomic mass is 32.2. The Bertz CT molecular complexity index is 480. The molecule has 0 radical (unpaired) electrons. The van der Waals surface area contributed by atoms with Gasteiger partial charge in [0.2, 0.25) is 0 Å². The van der Waals surface area contributed by atoms with E-state index in [9.17, 15) is 13.2 Å². The Balaban J connectivity index is 2.85. The molecule has 0 aromatic heterocycles. The summed E-state index contributed by atoms with van der Waals surface area (Å²) in [6.07, 6.45) is 0.106. The summed E-state index contributed by atoms with van der Waals surface area (Å²) in [6.45, 7) is 0. The molecule has 1 rings (SSSR count). The van der Waals surface area contributed by atoms with Gasteiger partial charge in [-0.3, -0.25) is 9.63 Å². The fourth-order valence-electron chi connectivity index (χ4n) is 1.18. The van der Waals surface area contributed by atoms with Gasteiger partial charge in [0.1, 0.15) is 0 Å². The predicted molar refractivity (Wildman–Crippen MR) is 59.5 cm³/mol. The zero-order chi connectivity index (χ0) is 12.9. The van der Waals surface area contributed by atoms with Crippen molar-refractivity contribution in [3.8, 4) is 0 Å². The van der Waals surface area contributed by atoms with Gasteiger partial charge in [-0.2, -0.15) is 0 Å². The lowest BCUT2D eigenvalue weighted by molar-refractivity contribution is -0.139. The molecule has 7 heteroatoms. The molecule has 1 aromatic carbocycles. The minimum atomic E-state index is -3.65. The van der Waals surface area contributed by atoms with Crippen molar-refractivity contribution in [3.63, 3.8) is 0 Å². The van der Waals surface area contributed by atoms with Crippen LogP contribution in [0.1, 0.15) is 5.56 Å². The molecule has 0 fully saturated rings. The lowest BCUT2D eigenvalue weighted by Gasteiger charge is -2.05. The molecule has 1 aromatic rings. The average molecular weight is 259 g/mol. The van der Waals surface area contributed by atoms with E-state index < -0.39 is 10.0 Å². The number of nitrogens with one attached hydrogen (secondary N) is 1. The van der Waals surface area contributed by atoms with Gasteiger partial charge in [-0.05, 0) is 17.7 Å². The lowest BCUT2D eigenvalue weighted by atomic mass is 10.2. The summed E-state index contributed by atoms with van der Waals surface area (Å²) in [6, 6.07) is 5.86. The van der Waals surface area contributed by atoms with Gasteiger partial charge in [-0.15, -0.1) is 0 Å². The second-order valence-electron chi connectivity index (χ2n) is 3.19. The Labute approximate surface area is 99.5 Å². The van der Waals surface area contributed by atoms with Crippen molar-refractivity contribution in [1.29, 1.82) is 0 Å². The second-order valence-corrected chi connectivity index (χ2v) is 4.83. The van der Waals surface area contributed by atoms with E-state index in [1.165, 1.54) is 26.4 Å². The molecule has 0 heterocycles. The first-order valence-electron chi connectivity index (χ1n) is 4.70. The zero-order valence-corrected chi connectivity index (χ0v) is 10.3. The van der Waals surface area contributed by atoms with Gasteiger partial charge in [0.15, 0.2) is 0 Å². The van der Waals surface area contributed by atoms with E-state index in [4.69, 9.17) is 0 Å². The minimum Gasteiger partial charge on any atom is -0.469 e. The number of esters is 1. The molecular weight excluding hydrogens is 246 g/mol. The number of ether oxygens (including phenoxy) is 1. The van der Waals surface area contributed by atoms with E-state index in [0.29, 0.717) is 5.56 Å². The van der Waals surface area contributed by atoms with E-state index in [1.807, 2.05) is 4.89 Å². The molecular formula is C10H13NO5S. The van der Waals surface area contributed by atoms with E-state index >= 15 is 0 Å². The Morgan fingerprint density at radius 2 is 1.82 bits per heavy atom. The van der Waals surface area contributed by atoms with Crippen molar-refractivity contribution in [3.05, 3.63) is 29.8 Å². The summed E-state index contributed by atoms with van der Waals surface area (Å²) in [5.41, 5.74) is 0.674. The van der Waals surface area contributed by atoms with Gasteiger partial charge >= 0.3 is 5.97 Å². The van der Waals surface area contributed by atoms with E-state index in [-0.39, 0.29) is 17.3 Å². The zero-order valence-electron chi connectivity index (χ0n) is 9.47. The smallest absolute Gasteiger partial charge is 0.309 e. The third-order valence-electron chi connectivity index (χ3n) is 2.00. The molecule has 0 bridgehead atoms. The number of hydrogen-bond acceptors (Lipinski definition) is 5. The second kappa shape index (κ2) is 5.76. The molecule has 0 unspecified atom stereocenters. The normalized spacial score (nSPS) is 11.2. The van der Waals surface area contributed by atoms with Crippen molar-refractivity contribution < 1.29 is 22.8 Å². The fourth-order valence-corrected chi connectivity index (χ4v) is 1.99. The predicted octanol–water partition coefficient (Wildman–Crippen LogP) is 0.242. The molecule has 0 spiro atoms. The number of rotatable bonds is 5. The molecule has 0 aliphatic heterocycles. The summed E-state index contributed by atoms with van der Waals surface area (Å²) in [4.78, 5) is 17.3. The molecule has 17 heavy (non-hydrogen) atoms. The monoisotopic (exact) mass is 259 g/mol. The van der Waals surface area contributed by atoms with Gasteiger partial charge in [0.05, 0.1) is 25.5 Å². The highest BCUT2D eigenvalue weighted by Gasteiger charge is 2.13. The van der Waals surface area contributed by atoms with E-state index in [1.54, 1.807) is 12.1 Å². The first kappa shape index (κ1) is 13.6. The molecule has 94 valence electrons. The Hall–Kier alpha value is -1.44. The van der Waals surface area contributed by atoms with Crippen LogP contribution in [0.5, 0.6) is 0 Å². The largest absolute Gasteiger partial charge is 0.469 e. The average Bonchev–Trinajstić information content (AvgIpc) is 2.29. The van der Waals surface area contributed by atoms with Crippen molar-refractivity contribution >= 4 is 16.0 Å². The molecule has 0 saturated heterocycles. The maximum absolute atomic E-state index is 11.5. The Morgan fingerprint density at radius 1 is 1.24 bits per heavy atom. The number of methoxy groups -OCH3 is 1. The van der Waals surface area contributed by atoms with E-state index in [2.05, 4.69) is 9.57 Å². The molecule has 1 N–H and O–H groups in total. The summed E-state index contributed by atoms with van der Waals surface area (Å²) >= 11 is 0. The molecule has 6 nitrogen and oxygen atoms in total. The molecule has 0 aliphatic rings. The quantitative estimate of drug-likeness (QED) is 0.605. The molecule has 0 amide bonds. The van der Waals surface area contributed by atoms with Crippen LogP contribution in [0.2, 0.25) is 0 Å². The van der Waals surface area contributed by atoms with Crippen molar-refractivity contribution in [1.82, 2.24) is 4.89 Å². The van der Waals surface area contributed by atoms with Gasteiger partial charge in [-0.1, -0.05) is 17.0 Å². The summed E-state index contributed by atoms with van der Waals surface area (Å²) in [5.74, 6) is -0.379. The third kappa shape index (κ3) is 3.81. The molecule has 0 aliphatic carbocycles. The van der Waals surface area contributed by atoms with Crippen LogP contribution in [0.15, 0.2) is 29.2 Å². The van der Waals surface area contributed by atoms with Crippen LogP contribution in [0.25, 0.3) is 0 Å². The number of carbonyl (C=O) groups excluding carboxylic acids is 1. The van der Waals surface area contributed by atoms with Crippen LogP contribution in [0, 0.1) is 0 Å². The standard InChI is InChI=1S/C10H13NO5S/c1-15-10(12)7-8-3-5-9(6-4-8)17(13,14)11-16-2/h3-6,11H,7H2,1-2H3. The maximum Gasteiger partial charge on any atom is 0.309 e. The van der Waals surface area contributed by atoms with Crippen molar-refractivity contribution in [2.24, 2.45) is 0 Å². The van der Waals surface area contributed by atoms with Crippen LogP contribution in [-0.2, 0) is 30.8 Å². The Kier molecular flexibility index (Phi) is 4.62. The first-order valence-corrected chi connectivity index (χ1v) is 6.18. The topological polar surface area (TPSA) is 81.7 Å². The maximum atomic E-state index is 11.5. The van der Waals surface area contributed by atoms with Gasteiger partial charge in [-0.25, -0.2) is 8.42 Å². The number of carbonyl (C=O) groups is 1.